The van der Waals surface area contributed by atoms with Crippen LogP contribution in [-0.4, -0.2) is 44.2 Å². The largest absolute Gasteiger partial charge is 0.372 e. The molecule has 0 bridgehead atoms. The summed E-state index contributed by atoms with van der Waals surface area (Å²) in [6.45, 7) is 8.44. The molecule has 1 heterocycles. The van der Waals surface area contributed by atoms with Gasteiger partial charge in [-0.3, -0.25) is 4.90 Å². The van der Waals surface area contributed by atoms with Crippen molar-refractivity contribution in [2.75, 3.05) is 39.3 Å². The average Bonchev–Trinajstić information content (AvgIpc) is 2.45. The van der Waals surface area contributed by atoms with Gasteiger partial charge in [-0.1, -0.05) is 37.3 Å². The zero-order chi connectivity index (χ0) is 12.6. The van der Waals surface area contributed by atoms with E-state index in [1.807, 2.05) is 0 Å². The van der Waals surface area contributed by atoms with Gasteiger partial charge in [0, 0.05) is 39.3 Å². The van der Waals surface area contributed by atoms with E-state index in [0.717, 1.165) is 45.8 Å². The molecular formula is C15H24N2O. The van der Waals surface area contributed by atoms with E-state index in [1.165, 1.54) is 5.56 Å². The van der Waals surface area contributed by atoms with E-state index >= 15 is 0 Å². The van der Waals surface area contributed by atoms with Crippen LogP contribution in [0.4, 0.5) is 0 Å². The van der Waals surface area contributed by atoms with Gasteiger partial charge in [-0.25, -0.2) is 0 Å². The number of benzene rings is 1. The fourth-order valence-electron chi connectivity index (χ4n) is 2.31. The van der Waals surface area contributed by atoms with Crippen molar-refractivity contribution in [3.8, 4) is 0 Å². The summed E-state index contributed by atoms with van der Waals surface area (Å²) in [5.74, 6) is 0. The molecule has 0 amide bonds. The number of nitrogens with one attached hydrogen (secondary N) is 1. The maximum Gasteiger partial charge on any atom is 0.0951 e. The second-order valence-corrected chi connectivity index (χ2v) is 4.82. The third kappa shape index (κ3) is 4.09. The lowest BCUT2D eigenvalue weighted by atomic mass is 10.1. The molecule has 1 saturated heterocycles. The number of ether oxygens (including phenoxy) is 1. The van der Waals surface area contributed by atoms with Gasteiger partial charge in [0.1, 0.15) is 0 Å². The van der Waals surface area contributed by atoms with Crippen LogP contribution in [0.15, 0.2) is 30.3 Å². The van der Waals surface area contributed by atoms with Crippen molar-refractivity contribution >= 4 is 0 Å². The van der Waals surface area contributed by atoms with Crippen LogP contribution in [0.3, 0.4) is 0 Å². The SMILES string of the molecule is CCCOC(CN1CCNCC1)c1ccccc1. The van der Waals surface area contributed by atoms with E-state index in [9.17, 15) is 0 Å². The molecule has 1 atom stereocenters. The van der Waals surface area contributed by atoms with Crippen LogP contribution in [0.5, 0.6) is 0 Å². The molecule has 0 radical (unpaired) electrons. The Morgan fingerprint density at radius 3 is 2.61 bits per heavy atom. The lowest BCUT2D eigenvalue weighted by Crippen LogP contribution is -2.45. The Balaban J connectivity index is 1.95. The average molecular weight is 248 g/mol. The normalized spacial score (nSPS) is 18.7. The Morgan fingerprint density at radius 1 is 1.22 bits per heavy atom. The monoisotopic (exact) mass is 248 g/mol. The minimum Gasteiger partial charge on any atom is -0.372 e. The topological polar surface area (TPSA) is 24.5 Å². The molecule has 18 heavy (non-hydrogen) atoms. The van der Waals surface area contributed by atoms with E-state index in [0.29, 0.717) is 0 Å². The molecule has 1 aromatic carbocycles. The zero-order valence-corrected chi connectivity index (χ0v) is 11.3. The predicted molar refractivity (Wildman–Crippen MR) is 74.7 cm³/mol. The van der Waals surface area contributed by atoms with Crippen molar-refractivity contribution < 1.29 is 4.74 Å². The zero-order valence-electron chi connectivity index (χ0n) is 11.3. The molecule has 100 valence electrons. The van der Waals surface area contributed by atoms with Crippen LogP contribution < -0.4 is 5.32 Å². The van der Waals surface area contributed by atoms with Gasteiger partial charge >= 0.3 is 0 Å². The third-order valence-corrected chi connectivity index (χ3v) is 3.33. The summed E-state index contributed by atoms with van der Waals surface area (Å²) in [6.07, 6.45) is 1.29. The molecule has 0 saturated carbocycles. The Morgan fingerprint density at radius 2 is 1.94 bits per heavy atom. The van der Waals surface area contributed by atoms with Gasteiger partial charge in [-0.2, -0.15) is 0 Å². The number of nitrogens with zero attached hydrogens (tertiary/aromatic N) is 1. The Labute approximate surface area is 110 Å². The van der Waals surface area contributed by atoms with E-state index in [2.05, 4.69) is 47.5 Å². The van der Waals surface area contributed by atoms with Crippen molar-refractivity contribution in [2.45, 2.75) is 19.4 Å². The Bertz CT molecular complexity index is 323. The first kappa shape index (κ1) is 13.5. The summed E-state index contributed by atoms with van der Waals surface area (Å²) in [6, 6.07) is 10.6. The van der Waals surface area contributed by atoms with Gasteiger partial charge in [0.05, 0.1) is 6.10 Å². The predicted octanol–water partition coefficient (Wildman–Crippen LogP) is 2.06. The molecular weight excluding hydrogens is 224 g/mol. The van der Waals surface area contributed by atoms with Crippen LogP contribution in [0.2, 0.25) is 0 Å². The third-order valence-electron chi connectivity index (χ3n) is 3.33. The van der Waals surface area contributed by atoms with Crippen molar-refractivity contribution in [2.24, 2.45) is 0 Å². The molecule has 1 fully saturated rings. The molecule has 1 unspecified atom stereocenters. The summed E-state index contributed by atoms with van der Waals surface area (Å²) >= 11 is 0. The smallest absolute Gasteiger partial charge is 0.0951 e. The standard InChI is InChI=1S/C15H24N2O/c1-2-12-18-15(14-6-4-3-5-7-14)13-17-10-8-16-9-11-17/h3-7,15-16H,2,8-13H2,1H3. The molecule has 3 nitrogen and oxygen atoms in total. The second-order valence-electron chi connectivity index (χ2n) is 4.82. The first-order valence-electron chi connectivity index (χ1n) is 6.99. The highest BCUT2D eigenvalue weighted by Gasteiger charge is 2.17. The summed E-state index contributed by atoms with van der Waals surface area (Å²) in [5, 5.41) is 3.39. The van der Waals surface area contributed by atoms with Crippen molar-refractivity contribution in [3.63, 3.8) is 0 Å². The molecule has 2 rings (SSSR count). The first-order chi connectivity index (χ1) is 8.90. The van der Waals surface area contributed by atoms with Crippen LogP contribution in [-0.2, 0) is 4.74 Å². The van der Waals surface area contributed by atoms with Crippen molar-refractivity contribution in [1.29, 1.82) is 0 Å². The maximum absolute atomic E-state index is 6.02. The van der Waals surface area contributed by atoms with Gasteiger partial charge in [0.25, 0.3) is 0 Å². The number of hydrogen-bond acceptors (Lipinski definition) is 3. The lowest BCUT2D eigenvalue weighted by molar-refractivity contribution is 0.0225. The van der Waals surface area contributed by atoms with Crippen LogP contribution in [0.1, 0.15) is 25.0 Å². The lowest BCUT2D eigenvalue weighted by Gasteiger charge is -2.31. The van der Waals surface area contributed by atoms with Crippen molar-refractivity contribution in [1.82, 2.24) is 10.2 Å². The molecule has 1 aliphatic heterocycles. The van der Waals surface area contributed by atoms with Crippen LogP contribution in [0.25, 0.3) is 0 Å². The van der Waals surface area contributed by atoms with E-state index in [1.54, 1.807) is 0 Å². The Kier molecular flexibility index (Phi) is 5.65. The molecule has 0 spiro atoms. The molecule has 1 aliphatic rings. The quantitative estimate of drug-likeness (QED) is 0.834. The van der Waals surface area contributed by atoms with Crippen LogP contribution >= 0.6 is 0 Å². The van der Waals surface area contributed by atoms with Gasteiger partial charge in [-0.15, -0.1) is 0 Å². The van der Waals surface area contributed by atoms with Crippen molar-refractivity contribution in [3.05, 3.63) is 35.9 Å². The minimum absolute atomic E-state index is 0.212. The molecule has 1 N–H and O–H groups in total. The van der Waals surface area contributed by atoms with E-state index < -0.39 is 0 Å². The highest BCUT2D eigenvalue weighted by atomic mass is 16.5. The van der Waals surface area contributed by atoms with Gasteiger partial charge in [0.2, 0.25) is 0 Å². The molecule has 3 heteroatoms. The second kappa shape index (κ2) is 7.52. The Hall–Kier alpha value is -0.900. The van der Waals surface area contributed by atoms with E-state index in [4.69, 9.17) is 4.74 Å². The maximum atomic E-state index is 6.02. The summed E-state index contributed by atoms with van der Waals surface area (Å²) < 4.78 is 6.02. The summed E-state index contributed by atoms with van der Waals surface area (Å²) in [7, 11) is 0. The van der Waals surface area contributed by atoms with Gasteiger partial charge < -0.3 is 10.1 Å². The van der Waals surface area contributed by atoms with Gasteiger partial charge in [0.15, 0.2) is 0 Å². The fraction of sp³-hybridized carbons (Fsp3) is 0.600. The summed E-state index contributed by atoms with van der Waals surface area (Å²) in [5.41, 5.74) is 1.30. The highest BCUT2D eigenvalue weighted by molar-refractivity contribution is 5.18. The molecule has 0 aliphatic carbocycles. The fourth-order valence-corrected chi connectivity index (χ4v) is 2.31. The number of piperazine rings is 1. The van der Waals surface area contributed by atoms with E-state index in [-0.39, 0.29) is 6.10 Å². The molecule has 1 aromatic rings. The van der Waals surface area contributed by atoms with Crippen LogP contribution in [0, 0.1) is 0 Å². The summed E-state index contributed by atoms with van der Waals surface area (Å²) in [4.78, 5) is 2.49. The number of hydrogen-bond donors (Lipinski definition) is 1. The number of rotatable bonds is 6. The highest BCUT2D eigenvalue weighted by Crippen LogP contribution is 2.19. The minimum atomic E-state index is 0.212. The van der Waals surface area contributed by atoms with Gasteiger partial charge in [-0.05, 0) is 12.0 Å². The first-order valence-corrected chi connectivity index (χ1v) is 6.99. The molecule has 0 aromatic heterocycles.